The number of nitrogens with one attached hydrogen (secondary N) is 1. The van der Waals surface area contributed by atoms with Crippen LogP contribution < -0.4 is 10.9 Å². The van der Waals surface area contributed by atoms with Crippen molar-refractivity contribution < 1.29 is 9.18 Å². The maximum atomic E-state index is 13.1. The van der Waals surface area contributed by atoms with Gasteiger partial charge in [-0.2, -0.15) is 9.78 Å². The zero-order valence-electron chi connectivity index (χ0n) is 13.4. The van der Waals surface area contributed by atoms with Gasteiger partial charge in [-0.3, -0.25) is 9.59 Å². The van der Waals surface area contributed by atoms with E-state index in [-0.39, 0.29) is 29.6 Å². The molecular formula is C17H18ClFN4O2. The Morgan fingerprint density at radius 3 is 2.36 bits per heavy atom. The maximum Gasteiger partial charge on any atom is 0.274 e. The molecule has 2 aliphatic heterocycles. The molecule has 0 spiro atoms. The molecule has 6 nitrogen and oxygen atoms in total. The first kappa shape index (κ1) is 17.6. The summed E-state index contributed by atoms with van der Waals surface area (Å²) in [5.74, 6) is 0.436. The largest absolute Gasteiger partial charge is 0.337 e. The summed E-state index contributed by atoms with van der Waals surface area (Å²) >= 11 is 0. The van der Waals surface area contributed by atoms with E-state index in [1.165, 1.54) is 36.4 Å². The van der Waals surface area contributed by atoms with Crippen molar-refractivity contribution in [3.05, 3.63) is 58.3 Å². The number of benzene rings is 1. The van der Waals surface area contributed by atoms with E-state index in [2.05, 4.69) is 10.4 Å². The van der Waals surface area contributed by atoms with Crippen molar-refractivity contribution in [2.24, 2.45) is 11.8 Å². The fourth-order valence-electron chi connectivity index (χ4n) is 3.48. The molecule has 2 saturated heterocycles. The molecule has 0 radical (unpaired) electrons. The molecule has 2 fully saturated rings. The van der Waals surface area contributed by atoms with Gasteiger partial charge < -0.3 is 10.2 Å². The Balaban J connectivity index is 0.00000182. The fourth-order valence-corrected chi connectivity index (χ4v) is 3.48. The number of likely N-dealkylation sites (tertiary alicyclic amines) is 1. The lowest BCUT2D eigenvalue weighted by Crippen LogP contribution is -2.34. The Labute approximate surface area is 150 Å². The van der Waals surface area contributed by atoms with Crippen LogP contribution in [0.4, 0.5) is 4.39 Å². The molecule has 1 N–H and O–H groups in total. The predicted octanol–water partition coefficient (Wildman–Crippen LogP) is 1.08. The SMILES string of the molecule is Cl.O=C(c1ccc(=O)n(-c2ccc(F)cc2)n1)N1C[C@H]2CNC[C@H]2C1. The smallest absolute Gasteiger partial charge is 0.274 e. The molecule has 2 atom stereocenters. The van der Waals surface area contributed by atoms with Crippen LogP contribution in [0, 0.1) is 17.7 Å². The highest BCUT2D eigenvalue weighted by atomic mass is 35.5. The highest BCUT2D eigenvalue weighted by Gasteiger charge is 2.38. The van der Waals surface area contributed by atoms with Crippen LogP contribution >= 0.6 is 12.4 Å². The van der Waals surface area contributed by atoms with Crippen LogP contribution in [0.1, 0.15) is 10.5 Å². The first-order valence-corrected chi connectivity index (χ1v) is 7.98. The van der Waals surface area contributed by atoms with E-state index < -0.39 is 5.82 Å². The first-order valence-electron chi connectivity index (χ1n) is 7.98. The molecule has 132 valence electrons. The topological polar surface area (TPSA) is 67.2 Å². The van der Waals surface area contributed by atoms with Crippen molar-refractivity contribution in [3.63, 3.8) is 0 Å². The van der Waals surface area contributed by atoms with Crippen molar-refractivity contribution in [2.45, 2.75) is 0 Å². The highest BCUT2D eigenvalue weighted by molar-refractivity contribution is 5.92. The van der Waals surface area contributed by atoms with Gasteiger partial charge in [0, 0.05) is 32.2 Å². The van der Waals surface area contributed by atoms with E-state index in [1.807, 2.05) is 0 Å². The Hall–Kier alpha value is -2.25. The number of fused-ring (bicyclic) bond motifs is 1. The lowest BCUT2D eigenvalue weighted by molar-refractivity contribution is 0.0774. The van der Waals surface area contributed by atoms with E-state index in [0.29, 0.717) is 30.6 Å². The van der Waals surface area contributed by atoms with E-state index in [0.717, 1.165) is 17.8 Å². The number of rotatable bonds is 2. The molecule has 8 heteroatoms. The third-order valence-corrected chi connectivity index (χ3v) is 4.77. The van der Waals surface area contributed by atoms with E-state index in [1.54, 1.807) is 4.90 Å². The summed E-state index contributed by atoms with van der Waals surface area (Å²) in [6.07, 6.45) is 0. The summed E-state index contributed by atoms with van der Waals surface area (Å²) in [5, 5.41) is 7.52. The number of carbonyl (C=O) groups excluding carboxylic acids is 1. The van der Waals surface area contributed by atoms with Gasteiger partial charge in [-0.15, -0.1) is 12.4 Å². The normalized spacial score (nSPS) is 21.7. The van der Waals surface area contributed by atoms with Crippen LogP contribution in [0.5, 0.6) is 0 Å². The number of carbonyl (C=O) groups is 1. The molecule has 2 aliphatic rings. The average molecular weight is 365 g/mol. The average Bonchev–Trinajstić information content (AvgIpc) is 3.17. The van der Waals surface area contributed by atoms with Gasteiger partial charge in [-0.05, 0) is 42.2 Å². The van der Waals surface area contributed by atoms with Gasteiger partial charge in [0.25, 0.3) is 11.5 Å². The molecule has 1 aromatic carbocycles. The Morgan fingerprint density at radius 1 is 1.08 bits per heavy atom. The lowest BCUT2D eigenvalue weighted by Gasteiger charge is -2.17. The van der Waals surface area contributed by atoms with Crippen LogP contribution in [0.2, 0.25) is 0 Å². The van der Waals surface area contributed by atoms with Crippen LogP contribution in [0.25, 0.3) is 5.69 Å². The van der Waals surface area contributed by atoms with Gasteiger partial charge >= 0.3 is 0 Å². The molecule has 1 amide bonds. The minimum atomic E-state index is -0.392. The van der Waals surface area contributed by atoms with Crippen LogP contribution in [0.3, 0.4) is 0 Å². The van der Waals surface area contributed by atoms with E-state index >= 15 is 0 Å². The molecular weight excluding hydrogens is 347 g/mol. The molecule has 3 heterocycles. The Bertz CT molecular complexity index is 827. The van der Waals surface area contributed by atoms with Crippen LogP contribution in [-0.2, 0) is 0 Å². The molecule has 25 heavy (non-hydrogen) atoms. The molecule has 0 saturated carbocycles. The Kier molecular flexibility index (Phi) is 4.87. The summed E-state index contributed by atoms with van der Waals surface area (Å²) in [7, 11) is 0. The number of hydrogen-bond donors (Lipinski definition) is 1. The number of aromatic nitrogens is 2. The van der Waals surface area contributed by atoms with Gasteiger partial charge in [-0.25, -0.2) is 4.39 Å². The predicted molar refractivity (Wildman–Crippen MR) is 92.8 cm³/mol. The van der Waals surface area contributed by atoms with Crippen molar-refractivity contribution >= 4 is 18.3 Å². The molecule has 2 aromatic rings. The van der Waals surface area contributed by atoms with E-state index in [4.69, 9.17) is 0 Å². The van der Waals surface area contributed by atoms with Crippen LogP contribution in [0.15, 0.2) is 41.2 Å². The monoisotopic (exact) mass is 364 g/mol. The highest BCUT2D eigenvalue weighted by Crippen LogP contribution is 2.27. The van der Waals surface area contributed by atoms with Gasteiger partial charge in [0.1, 0.15) is 11.5 Å². The zero-order chi connectivity index (χ0) is 16.7. The summed E-state index contributed by atoms with van der Waals surface area (Å²) < 4.78 is 14.2. The number of halogens is 2. The first-order chi connectivity index (χ1) is 11.6. The van der Waals surface area contributed by atoms with Gasteiger partial charge in [0.15, 0.2) is 0 Å². The minimum absolute atomic E-state index is 0. The van der Waals surface area contributed by atoms with E-state index in [9.17, 15) is 14.0 Å². The van der Waals surface area contributed by atoms with Crippen molar-refractivity contribution in [3.8, 4) is 5.69 Å². The number of hydrogen-bond acceptors (Lipinski definition) is 4. The third-order valence-electron chi connectivity index (χ3n) is 4.77. The van der Waals surface area contributed by atoms with Crippen molar-refractivity contribution in [2.75, 3.05) is 26.2 Å². The summed E-state index contributed by atoms with van der Waals surface area (Å²) in [4.78, 5) is 26.5. The van der Waals surface area contributed by atoms with Gasteiger partial charge in [0.05, 0.1) is 5.69 Å². The number of nitrogens with zero attached hydrogens (tertiary/aromatic N) is 3. The molecule has 0 aliphatic carbocycles. The minimum Gasteiger partial charge on any atom is -0.337 e. The maximum absolute atomic E-state index is 13.1. The second-order valence-corrected chi connectivity index (χ2v) is 6.33. The van der Waals surface area contributed by atoms with Gasteiger partial charge in [0.2, 0.25) is 0 Å². The molecule has 1 aromatic heterocycles. The second-order valence-electron chi connectivity index (χ2n) is 6.33. The fraction of sp³-hybridized carbons (Fsp3) is 0.353. The summed E-state index contributed by atoms with van der Waals surface area (Å²) in [6, 6.07) is 8.21. The number of amides is 1. The van der Waals surface area contributed by atoms with Crippen LogP contribution in [-0.4, -0.2) is 46.8 Å². The van der Waals surface area contributed by atoms with Crippen molar-refractivity contribution in [1.29, 1.82) is 0 Å². The zero-order valence-corrected chi connectivity index (χ0v) is 14.2. The Morgan fingerprint density at radius 2 is 1.72 bits per heavy atom. The van der Waals surface area contributed by atoms with Gasteiger partial charge in [-0.1, -0.05) is 0 Å². The van der Waals surface area contributed by atoms with Crippen molar-refractivity contribution in [1.82, 2.24) is 20.0 Å². The lowest BCUT2D eigenvalue weighted by atomic mass is 10.0. The molecule has 0 unspecified atom stereocenters. The molecule has 0 bridgehead atoms. The quantitative estimate of drug-likeness (QED) is 0.866. The second kappa shape index (κ2) is 6.93. The third kappa shape index (κ3) is 3.29. The summed E-state index contributed by atoms with van der Waals surface area (Å²) in [5.41, 5.74) is 0.297. The molecule has 4 rings (SSSR count). The standard InChI is InChI=1S/C17H17FN4O2.ClH/c18-13-1-3-14(4-2-13)22-16(23)6-5-15(20-22)17(24)21-9-11-7-19-8-12(11)10-21;/h1-6,11-12,19H,7-10H2;1H/t11-,12+;. The summed E-state index contributed by atoms with van der Waals surface area (Å²) in [6.45, 7) is 3.32.